The minimum Gasteiger partial charge on any atom is -0.303 e. The summed E-state index contributed by atoms with van der Waals surface area (Å²) in [6.45, 7) is 0. The van der Waals surface area contributed by atoms with Gasteiger partial charge < -0.3 is 4.79 Å². The van der Waals surface area contributed by atoms with Crippen molar-refractivity contribution in [2.75, 3.05) is 0 Å². The first-order valence-corrected chi connectivity index (χ1v) is 7.24. The van der Waals surface area contributed by atoms with E-state index in [0.717, 1.165) is 29.2 Å². The molecule has 1 aromatic heterocycles. The maximum absolute atomic E-state index is 10.3. The van der Waals surface area contributed by atoms with Gasteiger partial charge in [-0.3, -0.25) is 0 Å². The molecule has 0 N–H and O–H groups in total. The average Bonchev–Trinajstić information content (AvgIpc) is 2.49. The first-order chi connectivity index (χ1) is 9.86. The lowest BCUT2D eigenvalue weighted by Crippen LogP contribution is -1.95. The predicted octanol–water partition coefficient (Wildman–Crippen LogP) is 3.09. The van der Waals surface area contributed by atoms with E-state index in [1.165, 1.54) is 0 Å². The van der Waals surface area contributed by atoms with E-state index in [1.807, 2.05) is 46.9 Å². The van der Waals surface area contributed by atoms with E-state index in [1.54, 1.807) is 0 Å². The molecule has 0 fully saturated rings. The molecular formula is C16H11IN2O. The number of nitrogens with zero attached hydrogens (tertiary/aromatic N) is 2. The molecule has 98 valence electrons. The van der Waals surface area contributed by atoms with Crippen LogP contribution in [0.5, 0.6) is 0 Å². The maximum atomic E-state index is 10.3. The fourth-order valence-electron chi connectivity index (χ4n) is 1.74. The van der Waals surface area contributed by atoms with Crippen molar-refractivity contribution in [1.82, 2.24) is 10.2 Å². The van der Waals surface area contributed by atoms with Crippen molar-refractivity contribution in [1.29, 1.82) is 0 Å². The van der Waals surface area contributed by atoms with E-state index in [4.69, 9.17) is 0 Å². The minimum absolute atomic E-state index is 0.546. The number of halogens is 1. The molecule has 4 heteroatoms. The van der Waals surface area contributed by atoms with Crippen molar-refractivity contribution in [3.63, 3.8) is 0 Å². The zero-order chi connectivity index (χ0) is 14.2. The lowest BCUT2D eigenvalue weighted by molar-refractivity contribution is -0.107. The van der Waals surface area contributed by atoms with Gasteiger partial charge in [-0.2, -0.15) is 0 Å². The van der Waals surface area contributed by atoms with Crippen LogP contribution < -0.4 is 0 Å². The second-order valence-corrected chi connectivity index (χ2v) is 4.56. The standard InChI is InChI=1S/C16H11IN2O/c17-11-10-16-14(7-3-1-2-6-12-20)13-8-4-5-9-15(13)18-19-16/h4-5,8-9,12H,1-2,6H2. The second-order valence-electron chi connectivity index (χ2n) is 4.02. The van der Waals surface area contributed by atoms with Crippen LogP contribution in [0.4, 0.5) is 0 Å². The van der Waals surface area contributed by atoms with Crippen molar-refractivity contribution < 1.29 is 4.79 Å². The number of fused-ring (bicyclic) bond motifs is 1. The summed E-state index contributed by atoms with van der Waals surface area (Å²) in [6.07, 6.45) is 2.93. The third-order valence-corrected chi connectivity index (χ3v) is 2.94. The summed E-state index contributed by atoms with van der Waals surface area (Å²) in [5, 5.41) is 9.23. The fraction of sp³-hybridized carbons (Fsp3) is 0.188. The van der Waals surface area contributed by atoms with E-state index in [2.05, 4.69) is 31.9 Å². The molecule has 1 aromatic carbocycles. The summed E-state index contributed by atoms with van der Waals surface area (Å²) in [6, 6.07) is 7.74. The van der Waals surface area contributed by atoms with E-state index < -0.39 is 0 Å². The molecule has 0 saturated carbocycles. The molecule has 0 aliphatic carbocycles. The van der Waals surface area contributed by atoms with Gasteiger partial charge >= 0.3 is 0 Å². The summed E-state index contributed by atoms with van der Waals surface area (Å²) in [4.78, 5) is 10.3. The van der Waals surface area contributed by atoms with Gasteiger partial charge in [-0.25, -0.2) is 0 Å². The molecule has 1 heterocycles. The molecule has 2 rings (SSSR count). The van der Waals surface area contributed by atoms with Crippen molar-refractivity contribution in [3.05, 3.63) is 35.5 Å². The SMILES string of the molecule is O=CCCCC#Cc1c(C#CI)nnc2ccccc12. The highest BCUT2D eigenvalue weighted by Gasteiger charge is 2.06. The number of carbonyl (C=O) groups excluding carboxylic acids is 1. The van der Waals surface area contributed by atoms with Crippen LogP contribution in [0.3, 0.4) is 0 Å². The van der Waals surface area contributed by atoms with Crippen LogP contribution in [0, 0.1) is 21.7 Å². The first-order valence-electron chi connectivity index (χ1n) is 6.16. The molecular weight excluding hydrogens is 363 g/mol. The van der Waals surface area contributed by atoms with Gasteiger partial charge in [0.2, 0.25) is 0 Å². The molecule has 0 aliphatic heterocycles. The van der Waals surface area contributed by atoms with Crippen LogP contribution in [0.2, 0.25) is 0 Å². The van der Waals surface area contributed by atoms with Gasteiger partial charge in [0.05, 0.1) is 11.1 Å². The molecule has 3 nitrogen and oxygen atoms in total. The number of aldehydes is 1. The van der Waals surface area contributed by atoms with Gasteiger partial charge in [-0.1, -0.05) is 30.0 Å². The Labute approximate surface area is 131 Å². The van der Waals surface area contributed by atoms with Gasteiger partial charge in [-0.05, 0) is 22.3 Å². The third-order valence-electron chi connectivity index (χ3n) is 2.67. The molecule has 0 unspecified atom stereocenters. The van der Waals surface area contributed by atoms with Gasteiger partial charge in [0.15, 0.2) is 5.69 Å². The number of hydrogen-bond acceptors (Lipinski definition) is 3. The van der Waals surface area contributed by atoms with Gasteiger partial charge in [-0.15, -0.1) is 10.2 Å². The van der Waals surface area contributed by atoms with Gasteiger partial charge in [0, 0.05) is 40.8 Å². The zero-order valence-corrected chi connectivity index (χ0v) is 12.8. The van der Waals surface area contributed by atoms with Gasteiger partial charge in [0.25, 0.3) is 0 Å². The number of rotatable bonds is 3. The van der Waals surface area contributed by atoms with Crippen molar-refractivity contribution in [2.24, 2.45) is 0 Å². The number of aromatic nitrogens is 2. The molecule has 2 aromatic rings. The molecule has 0 radical (unpaired) electrons. The Morgan fingerprint density at radius 2 is 2.05 bits per heavy atom. The Morgan fingerprint density at radius 1 is 1.20 bits per heavy atom. The number of benzene rings is 1. The molecule has 0 spiro atoms. The second kappa shape index (κ2) is 7.62. The summed E-state index contributed by atoms with van der Waals surface area (Å²) in [5.74, 6) is 9.13. The smallest absolute Gasteiger partial charge is 0.152 e. The monoisotopic (exact) mass is 374 g/mol. The van der Waals surface area contributed by atoms with Crippen molar-refractivity contribution in [3.8, 4) is 21.7 Å². The molecule has 20 heavy (non-hydrogen) atoms. The summed E-state index contributed by atoms with van der Waals surface area (Å²) >= 11 is 1.97. The molecule has 0 atom stereocenters. The molecule has 0 saturated heterocycles. The van der Waals surface area contributed by atoms with Crippen LogP contribution in [0.25, 0.3) is 10.9 Å². The summed E-state index contributed by atoms with van der Waals surface area (Å²) < 4.78 is 2.80. The highest BCUT2D eigenvalue weighted by Crippen LogP contribution is 2.17. The molecule has 0 amide bonds. The van der Waals surface area contributed by atoms with Crippen LogP contribution in [-0.2, 0) is 4.79 Å². The largest absolute Gasteiger partial charge is 0.303 e. The van der Waals surface area contributed by atoms with E-state index in [-0.39, 0.29) is 0 Å². The van der Waals surface area contributed by atoms with Crippen LogP contribution >= 0.6 is 22.6 Å². The van der Waals surface area contributed by atoms with Crippen LogP contribution in [0.1, 0.15) is 30.5 Å². The summed E-state index contributed by atoms with van der Waals surface area (Å²) in [7, 11) is 0. The van der Waals surface area contributed by atoms with Gasteiger partial charge in [0.1, 0.15) is 6.29 Å². The van der Waals surface area contributed by atoms with Crippen LogP contribution in [0.15, 0.2) is 24.3 Å². The third kappa shape index (κ3) is 3.55. The Balaban J connectivity index is 2.43. The minimum atomic E-state index is 0.546. The highest BCUT2D eigenvalue weighted by atomic mass is 127. The van der Waals surface area contributed by atoms with E-state index >= 15 is 0 Å². The zero-order valence-electron chi connectivity index (χ0n) is 10.7. The predicted molar refractivity (Wildman–Crippen MR) is 87.2 cm³/mol. The topological polar surface area (TPSA) is 42.9 Å². The van der Waals surface area contributed by atoms with Crippen LogP contribution in [-0.4, -0.2) is 16.5 Å². The number of carbonyl (C=O) groups is 1. The molecule has 0 bridgehead atoms. The normalized spacial score (nSPS) is 9.25. The summed E-state index contributed by atoms with van der Waals surface area (Å²) in [5.41, 5.74) is 2.22. The first kappa shape index (κ1) is 14.5. The highest BCUT2D eigenvalue weighted by molar-refractivity contribution is 14.1. The Hall–Kier alpha value is -1.92. The Morgan fingerprint density at radius 3 is 2.85 bits per heavy atom. The lowest BCUT2D eigenvalue weighted by Gasteiger charge is -2.01. The fourth-order valence-corrected chi connectivity index (χ4v) is 1.99. The van der Waals surface area contributed by atoms with E-state index in [0.29, 0.717) is 18.5 Å². The van der Waals surface area contributed by atoms with Crippen molar-refractivity contribution >= 4 is 39.8 Å². The molecule has 0 aliphatic rings. The Bertz CT molecular complexity index is 748. The Kier molecular flexibility index (Phi) is 5.52. The average molecular weight is 374 g/mol. The quantitative estimate of drug-likeness (QED) is 0.359. The lowest BCUT2D eigenvalue weighted by atomic mass is 10.1. The number of hydrogen-bond donors (Lipinski definition) is 0. The van der Waals surface area contributed by atoms with Crippen molar-refractivity contribution in [2.45, 2.75) is 19.3 Å². The van der Waals surface area contributed by atoms with E-state index in [9.17, 15) is 4.79 Å². The number of unbranched alkanes of at least 4 members (excludes halogenated alkanes) is 2. The maximum Gasteiger partial charge on any atom is 0.152 e.